The van der Waals surface area contributed by atoms with Gasteiger partial charge in [0.1, 0.15) is 11.6 Å². The second-order valence-corrected chi connectivity index (χ2v) is 3.42. The number of nitrogens with one attached hydrogen (secondary N) is 1. The molecule has 1 heterocycles. The smallest absolute Gasteiger partial charge is 0.232 e. The van der Waals surface area contributed by atoms with Crippen molar-refractivity contribution in [2.45, 2.75) is 13.3 Å². The van der Waals surface area contributed by atoms with Crippen LogP contribution in [0, 0.1) is 5.82 Å². The van der Waals surface area contributed by atoms with Crippen molar-refractivity contribution in [3.63, 3.8) is 0 Å². The molecule has 0 unspecified atom stereocenters. The zero-order valence-electron chi connectivity index (χ0n) is 9.31. The van der Waals surface area contributed by atoms with Crippen LogP contribution < -0.4 is 11.1 Å². The number of hydrogen-bond acceptors (Lipinski definition) is 5. The van der Waals surface area contributed by atoms with Crippen LogP contribution in [0.5, 0.6) is 0 Å². The van der Waals surface area contributed by atoms with Crippen LogP contribution in [0.3, 0.4) is 0 Å². The van der Waals surface area contributed by atoms with Crippen LogP contribution in [0.1, 0.15) is 12.7 Å². The van der Waals surface area contributed by atoms with Gasteiger partial charge in [-0.1, -0.05) is 6.92 Å². The van der Waals surface area contributed by atoms with E-state index in [0.717, 1.165) is 0 Å². The molecular formula is C11H12FN5. The van der Waals surface area contributed by atoms with E-state index >= 15 is 0 Å². The Morgan fingerprint density at radius 2 is 1.88 bits per heavy atom. The summed E-state index contributed by atoms with van der Waals surface area (Å²) in [4.78, 5) is 12.1. The molecule has 0 aliphatic carbocycles. The molecule has 0 saturated carbocycles. The number of halogens is 1. The van der Waals surface area contributed by atoms with Crippen molar-refractivity contribution < 1.29 is 4.39 Å². The Kier molecular flexibility index (Phi) is 3.13. The summed E-state index contributed by atoms with van der Waals surface area (Å²) in [5, 5.41) is 2.94. The van der Waals surface area contributed by atoms with Crippen molar-refractivity contribution in [2.24, 2.45) is 0 Å². The molecular weight excluding hydrogens is 221 g/mol. The molecule has 0 fully saturated rings. The monoisotopic (exact) mass is 233 g/mol. The Morgan fingerprint density at radius 3 is 2.53 bits per heavy atom. The van der Waals surface area contributed by atoms with Gasteiger partial charge in [-0.15, -0.1) is 0 Å². The second kappa shape index (κ2) is 4.73. The topological polar surface area (TPSA) is 76.7 Å². The first-order valence-electron chi connectivity index (χ1n) is 5.20. The Balaban J connectivity index is 2.23. The third-order valence-corrected chi connectivity index (χ3v) is 2.12. The van der Waals surface area contributed by atoms with Crippen molar-refractivity contribution in [3.05, 3.63) is 35.9 Å². The first kappa shape index (κ1) is 11.3. The highest BCUT2D eigenvalue weighted by Crippen LogP contribution is 2.14. The van der Waals surface area contributed by atoms with Gasteiger partial charge in [0.2, 0.25) is 11.9 Å². The molecule has 2 aromatic rings. The minimum atomic E-state index is -0.292. The van der Waals surface area contributed by atoms with E-state index < -0.39 is 0 Å². The summed E-state index contributed by atoms with van der Waals surface area (Å²) in [5.74, 6) is 0.851. The summed E-state index contributed by atoms with van der Waals surface area (Å²) in [7, 11) is 0. The van der Waals surface area contributed by atoms with Gasteiger partial charge in [-0.3, -0.25) is 0 Å². The van der Waals surface area contributed by atoms with E-state index in [0.29, 0.717) is 23.9 Å². The Morgan fingerprint density at radius 1 is 1.18 bits per heavy atom. The van der Waals surface area contributed by atoms with E-state index in [1.807, 2.05) is 6.92 Å². The maximum absolute atomic E-state index is 12.7. The number of anilines is 3. The fourth-order valence-electron chi connectivity index (χ4n) is 1.31. The lowest BCUT2D eigenvalue weighted by Gasteiger charge is -2.06. The molecule has 5 nitrogen and oxygen atoms in total. The number of aromatic nitrogens is 3. The molecule has 0 atom stereocenters. The van der Waals surface area contributed by atoms with Gasteiger partial charge < -0.3 is 11.1 Å². The summed E-state index contributed by atoms with van der Waals surface area (Å²) in [6.07, 6.45) is 0.671. The van der Waals surface area contributed by atoms with Gasteiger partial charge in [-0.2, -0.15) is 15.0 Å². The lowest BCUT2D eigenvalue weighted by Crippen LogP contribution is -2.06. The zero-order valence-corrected chi connectivity index (χ0v) is 9.31. The van der Waals surface area contributed by atoms with E-state index in [1.165, 1.54) is 12.1 Å². The standard InChI is InChI=1S/C11H12FN5/c1-2-9-15-10(13)17-11(16-9)14-8-5-3-7(12)4-6-8/h3-6H,2H2,1H3,(H3,13,14,15,16,17). The van der Waals surface area contributed by atoms with Gasteiger partial charge in [0.05, 0.1) is 0 Å². The molecule has 0 spiro atoms. The van der Waals surface area contributed by atoms with Crippen molar-refractivity contribution in [2.75, 3.05) is 11.1 Å². The molecule has 6 heteroatoms. The molecule has 0 amide bonds. The second-order valence-electron chi connectivity index (χ2n) is 3.42. The number of nitrogens with two attached hydrogens (primary N) is 1. The van der Waals surface area contributed by atoms with Gasteiger partial charge in [0.15, 0.2) is 0 Å². The summed E-state index contributed by atoms with van der Waals surface area (Å²) in [5.41, 5.74) is 6.24. The van der Waals surface area contributed by atoms with E-state index in [9.17, 15) is 4.39 Å². The number of nitrogen functional groups attached to an aromatic ring is 1. The molecule has 1 aromatic heterocycles. The summed E-state index contributed by atoms with van der Waals surface area (Å²) >= 11 is 0. The lowest BCUT2D eigenvalue weighted by molar-refractivity contribution is 0.628. The van der Waals surface area contributed by atoms with Gasteiger partial charge >= 0.3 is 0 Å². The third kappa shape index (κ3) is 2.87. The van der Waals surface area contributed by atoms with Gasteiger partial charge in [-0.05, 0) is 24.3 Å². The fourth-order valence-corrected chi connectivity index (χ4v) is 1.31. The molecule has 2 rings (SSSR count). The summed E-state index contributed by atoms with van der Waals surface area (Å²) < 4.78 is 12.7. The van der Waals surface area contributed by atoms with Crippen LogP contribution >= 0.6 is 0 Å². The lowest BCUT2D eigenvalue weighted by atomic mass is 10.3. The zero-order chi connectivity index (χ0) is 12.3. The highest BCUT2D eigenvalue weighted by atomic mass is 19.1. The average Bonchev–Trinajstić information content (AvgIpc) is 2.31. The number of rotatable bonds is 3. The number of nitrogens with zero attached hydrogens (tertiary/aromatic N) is 3. The average molecular weight is 233 g/mol. The van der Waals surface area contributed by atoms with Crippen LogP contribution in [-0.4, -0.2) is 15.0 Å². The van der Waals surface area contributed by atoms with E-state index in [4.69, 9.17) is 5.73 Å². The summed E-state index contributed by atoms with van der Waals surface area (Å²) in [6.45, 7) is 1.93. The first-order valence-corrected chi connectivity index (χ1v) is 5.20. The fraction of sp³-hybridized carbons (Fsp3) is 0.182. The normalized spacial score (nSPS) is 10.2. The molecule has 0 bridgehead atoms. The van der Waals surface area contributed by atoms with E-state index in [2.05, 4.69) is 20.3 Å². The van der Waals surface area contributed by atoms with Crippen molar-refractivity contribution in [3.8, 4) is 0 Å². The highest BCUT2D eigenvalue weighted by molar-refractivity contribution is 5.53. The van der Waals surface area contributed by atoms with Crippen LogP contribution in [-0.2, 0) is 6.42 Å². The van der Waals surface area contributed by atoms with Crippen LogP contribution in [0.15, 0.2) is 24.3 Å². The van der Waals surface area contributed by atoms with Crippen LogP contribution in [0.4, 0.5) is 22.0 Å². The van der Waals surface area contributed by atoms with Crippen LogP contribution in [0.2, 0.25) is 0 Å². The van der Waals surface area contributed by atoms with Gasteiger partial charge in [0, 0.05) is 12.1 Å². The van der Waals surface area contributed by atoms with Crippen molar-refractivity contribution in [1.82, 2.24) is 15.0 Å². The first-order chi connectivity index (χ1) is 8.17. The largest absolute Gasteiger partial charge is 0.368 e. The molecule has 0 saturated heterocycles. The number of hydrogen-bond donors (Lipinski definition) is 2. The van der Waals surface area contributed by atoms with Crippen LogP contribution in [0.25, 0.3) is 0 Å². The Bertz CT molecular complexity index is 512. The molecule has 0 aliphatic heterocycles. The predicted octanol–water partition coefficient (Wildman–Crippen LogP) is 1.90. The summed E-state index contributed by atoms with van der Waals surface area (Å²) in [6, 6.07) is 5.91. The molecule has 17 heavy (non-hydrogen) atoms. The van der Waals surface area contributed by atoms with E-state index in [1.54, 1.807) is 12.1 Å². The van der Waals surface area contributed by atoms with E-state index in [-0.39, 0.29) is 11.8 Å². The van der Waals surface area contributed by atoms with Gasteiger partial charge in [-0.25, -0.2) is 4.39 Å². The maximum Gasteiger partial charge on any atom is 0.232 e. The van der Waals surface area contributed by atoms with Crippen molar-refractivity contribution in [1.29, 1.82) is 0 Å². The van der Waals surface area contributed by atoms with Crippen molar-refractivity contribution >= 4 is 17.6 Å². The molecule has 0 aliphatic rings. The predicted molar refractivity (Wildman–Crippen MR) is 63.3 cm³/mol. The minimum absolute atomic E-state index is 0.168. The number of benzene rings is 1. The molecule has 3 N–H and O–H groups in total. The quantitative estimate of drug-likeness (QED) is 0.846. The Hall–Kier alpha value is -2.24. The maximum atomic E-state index is 12.7. The van der Waals surface area contributed by atoms with Gasteiger partial charge in [0.25, 0.3) is 0 Å². The molecule has 88 valence electrons. The Labute approximate surface area is 97.9 Å². The highest BCUT2D eigenvalue weighted by Gasteiger charge is 2.03. The third-order valence-electron chi connectivity index (χ3n) is 2.12. The minimum Gasteiger partial charge on any atom is -0.368 e. The number of aryl methyl sites for hydroxylation is 1. The molecule has 1 aromatic carbocycles. The SMILES string of the molecule is CCc1nc(N)nc(Nc2ccc(F)cc2)n1. The molecule has 0 radical (unpaired) electrons.